The molecule has 0 saturated carbocycles. The van der Waals surface area contributed by atoms with E-state index in [4.69, 9.17) is 5.11 Å². The molecule has 1 heterocycles. The standard InChI is InChI=1S/C9H10N2O/c1-6-2-9-7(4-10-11-9)3-8(6)5-12/h2-4,12H,5H2,1H3,(H,10,11). The summed E-state index contributed by atoms with van der Waals surface area (Å²) in [6, 6.07) is 3.95. The molecular weight excluding hydrogens is 152 g/mol. The van der Waals surface area contributed by atoms with Gasteiger partial charge in [-0.1, -0.05) is 0 Å². The number of aromatic nitrogens is 2. The zero-order valence-corrected chi connectivity index (χ0v) is 6.83. The van der Waals surface area contributed by atoms with E-state index in [0.29, 0.717) is 0 Å². The molecule has 0 bridgehead atoms. The van der Waals surface area contributed by atoms with Crippen LogP contribution in [-0.2, 0) is 6.61 Å². The molecule has 0 radical (unpaired) electrons. The molecule has 12 heavy (non-hydrogen) atoms. The normalized spacial score (nSPS) is 10.8. The number of benzene rings is 1. The average molecular weight is 162 g/mol. The average Bonchev–Trinajstić information content (AvgIpc) is 2.49. The van der Waals surface area contributed by atoms with Gasteiger partial charge >= 0.3 is 0 Å². The Kier molecular flexibility index (Phi) is 1.59. The molecule has 1 aromatic heterocycles. The largest absolute Gasteiger partial charge is 0.392 e. The van der Waals surface area contributed by atoms with Crippen LogP contribution in [-0.4, -0.2) is 15.3 Å². The third-order valence-electron chi connectivity index (χ3n) is 2.07. The van der Waals surface area contributed by atoms with Gasteiger partial charge in [0, 0.05) is 5.39 Å². The minimum absolute atomic E-state index is 0.0902. The molecule has 2 aromatic rings. The van der Waals surface area contributed by atoms with Crippen LogP contribution in [0.3, 0.4) is 0 Å². The topological polar surface area (TPSA) is 48.9 Å². The predicted molar refractivity (Wildman–Crippen MR) is 46.8 cm³/mol. The maximum absolute atomic E-state index is 8.98. The van der Waals surface area contributed by atoms with E-state index in [9.17, 15) is 0 Å². The number of fused-ring (bicyclic) bond motifs is 1. The van der Waals surface area contributed by atoms with Gasteiger partial charge in [-0.25, -0.2) is 0 Å². The summed E-state index contributed by atoms with van der Waals surface area (Å²) in [7, 11) is 0. The first kappa shape index (κ1) is 7.31. The first-order valence-corrected chi connectivity index (χ1v) is 3.84. The van der Waals surface area contributed by atoms with Crippen molar-refractivity contribution < 1.29 is 5.11 Å². The molecule has 0 aliphatic carbocycles. The van der Waals surface area contributed by atoms with E-state index in [1.807, 2.05) is 19.1 Å². The fourth-order valence-electron chi connectivity index (χ4n) is 1.32. The van der Waals surface area contributed by atoms with Crippen molar-refractivity contribution in [1.82, 2.24) is 10.2 Å². The molecule has 0 saturated heterocycles. The summed E-state index contributed by atoms with van der Waals surface area (Å²) in [6.07, 6.45) is 1.76. The molecule has 0 amide bonds. The van der Waals surface area contributed by atoms with Gasteiger partial charge in [-0.2, -0.15) is 5.10 Å². The lowest BCUT2D eigenvalue weighted by Crippen LogP contribution is -1.87. The van der Waals surface area contributed by atoms with Crippen LogP contribution in [0.4, 0.5) is 0 Å². The van der Waals surface area contributed by atoms with Gasteiger partial charge in [0.05, 0.1) is 18.3 Å². The van der Waals surface area contributed by atoms with Crippen LogP contribution in [0.15, 0.2) is 18.3 Å². The summed E-state index contributed by atoms with van der Waals surface area (Å²) >= 11 is 0. The Bertz CT molecular complexity index is 406. The van der Waals surface area contributed by atoms with Crippen LogP contribution in [0.1, 0.15) is 11.1 Å². The van der Waals surface area contributed by atoms with E-state index in [1.165, 1.54) is 0 Å². The van der Waals surface area contributed by atoms with Crippen LogP contribution < -0.4 is 0 Å². The highest BCUT2D eigenvalue weighted by molar-refractivity contribution is 5.79. The van der Waals surface area contributed by atoms with E-state index in [0.717, 1.165) is 22.0 Å². The highest BCUT2D eigenvalue weighted by Crippen LogP contribution is 2.17. The van der Waals surface area contributed by atoms with Crippen LogP contribution >= 0.6 is 0 Å². The van der Waals surface area contributed by atoms with E-state index in [2.05, 4.69) is 10.2 Å². The summed E-state index contributed by atoms with van der Waals surface area (Å²) in [6.45, 7) is 2.07. The van der Waals surface area contributed by atoms with Crippen LogP contribution in [0.2, 0.25) is 0 Å². The van der Waals surface area contributed by atoms with Crippen LogP contribution in [0, 0.1) is 6.92 Å². The number of aromatic amines is 1. The first-order valence-electron chi connectivity index (χ1n) is 3.84. The number of hydrogen-bond acceptors (Lipinski definition) is 2. The zero-order chi connectivity index (χ0) is 8.55. The summed E-state index contributed by atoms with van der Waals surface area (Å²) in [5.74, 6) is 0. The number of aliphatic hydroxyl groups is 1. The van der Waals surface area contributed by atoms with Gasteiger partial charge in [0.25, 0.3) is 0 Å². The van der Waals surface area contributed by atoms with Crippen LogP contribution in [0.25, 0.3) is 10.9 Å². The van der Waals surface area contributed by atoms with E-state index in [1.54, 1.807) is 6.20 Å². The Hall–Kier alpha value is -1.35. The Morgan fingerprint density at radius 2 is 2.33 bits per heavy atom. The van der Waals surface area contributed by atoms with Crippen molar-refractivity contribution in [2.75, 3.05) is 0 Å². The number of rotatable bonds is 1. The Balaban J connectivity index is 2.73. The van der Waals surface area contributed by atoms with Crippen molar-refractivity contribution in [2.24, 2.45) is 0 Å². The Morgan fingerprint density at radius 3 is 3.08 bits per heavy atom. The van der Waals surface area contributed by atoms with Crippen LogP contribution in [0.5, 0.6) is 0 Å². The van der Waals surface area contributed by atoms with Crippen molar-refractivity contribution in [3.63, 3.8) is 0 Å². The minimum atomic E-state index is 0.0902. The SMILES string of the molecule is Cc1cc2[nH]ncc2cc1CO. The second kappa shape index (κ2) is 2.60. The summed E-state index contributed by atoms with van der Waals surface area (Å²) in [5.41, 5.74) is 3.07. The van der Waals surface area contributed by atoms with Gasteiger partial charge in [0.15, 0.2) is 0 Å². The molecule has 0 atom stereocenters. The summed E-state index contributed by atoms with van der Waals surface area (Å²) in [4.78, 5) is 0. The number of H-pyrrole nitrogens is 1. The number of hydrogen-bond donors (Lipinski definition) is 2. The first-order chi connectivity index (χ1) is 5.81. The third kappa shape index (κ3) is 0.987. The lowest BCUT2D eigenvalue weighted by molar-refractivity contribution is 0.281. The van der Waals surface area contributed by atoms with Gasteiger partial charge in [0.1, 0.15) is 0 Å². The highest BCUT2D eigenvalue weighted by atomic mass is 16.3. The zero-order valence-electron chi connectivity index (χ0n) is 6.83. The van der Waals surface area contributed by atoms with Crippen molar-refractivity contribution in [1.29, 1.82) is 0 Å². The summed E-state index contributed by atoms with van der Waals surface area (Å²) in [5, 5.41) is 16.8. The molecule has 3 nitrogen and oxygen atoms in total. The molecule has 2 N–H and O–H groups in total. The van der Waals surface area contributed by atoms with E-state index < -0.39 is 0 Å². The fraction of sp³-hybridized carbons (Fsp3) is 0.222. The Morgan fingerprint density at radius 1 is 1.50 bits per heavy atom. The molecule has 62 valence electrons. The number of aryl methyl sites for hydroxylation is 1. The van der Waals surface area contributed by atoms with Gasteiger partial charge in [0.2, 0.25) is 0 Å². The van der Waals surface area contributed by atoms with Crippen molar-refractivity contribution >= 4 is 10.9 Å². The molecule has 0 aliphatic heterocycles. The molecule has 1 aromatic carbocycles. The molecule has 2 rings (SSSR count). The Labute approximate surface area is 70.0 Å². The lowest BCUT2D eigenvalue weighted by Gasteiger charge is -2.00. The monoisotopic (exact) mass is 162 g/mol. The molecule has 0 fully saturated rings. The maximum atomic E-state index is 8.98. The molecule has 3 heteroatoms. The van der Waals surface area contributed by atoms with E-state index in [-0.39, 0.29) is 6.61 Å². The van der Waals surface area contributed by atoms with Gasteiger partial charge in [-0.3, -0.25) is 5.10 Å². The maximum Gasteiger partial charge on any atom is 0.0684 e. The number of nitrogens with one attached hydrogen (secondary N) is 1. The fourth-order valence-corrected chi connectivity index (χ4v) is 1.32. The van der Waals surface area contributed by atoms with Crippen molar-refractivity contribution in [3.05, 3.63) is 29.5 Å². The van der Waals surface area contributed by atoms with Crippen molar-refractivity contribution in [3.8, 4) is 0 Å². The highest BCUT2D eigenvalue weighted by Gasteiger charge is 2.00. The summed E-state index contributed by atoms with van der Waals surface area (Å²) < 4.78 is 0. The number of aliphatic hydroxyl groups excluding tert-OH is 1. The predicted octanol–water partition coefficient (Wildman–Crippen LogP) is 1.36. The molecule has 0 spiro atoms. The van der Waals surface area contributed by atoms with Gasteiger partial charge in [-0.15, -0.1) is 0 Å². The molecule has 0 aliphatic rings. The number of nitrogens with zero attached hydrogens (tertiary/aromatic N) is 1. The molecular formula is C9H10N2O. The van der Waals surface area contributed by atoms with Gasteiger partial charge < -0.3 is 5.11 Å². The second-order valence-corrected chi connectivity index (χ2v) is 2.89. The lowest BCUT2D eigenvalue weighted by atomic mass is 10.1. The second-order valence-electron chi connectivity index (χ2n) is 2.89. The quantitative estimate of drug-likeness (QED) is 0.665. The smallest absolute Gasteiger partial charge is 0.0684 e. The van der Waals surface area contributed by atoms with E-state index >= 15 is 0 Å². The minimum Gasteiger partial charge on any atom is -0.392 e. The van der Waals surface area contributed by atoms with Crippen molar-refractivity contribution in [2.45, 2.75) is 13.5 Å². The molecule has 0 unspecified atom stereocenters. The van der Waals surface area contributed by atoms with Gasteiger partial charge in [-0.05, 0) is 30.2 Å². The third-order valence-corrected chi connectivity index (χ3v) is 2.07.